The lowest BCUT2D eigenvalue weighted by atomic mass is 10.0. The molecule has 30 heavy (non-hydrogen) atoms. The summed E-state index contributed by atoms with van der Waals surface area (Å²) in [5.74, 6) is -0.256. The van der Waals surface area contributed by atoms with E-state index in [0.29, 0.717) is 10.2 Å². The van der Waals surface area contributed by atoms with Crippen LogP contribution in [0, 0.1) is 27.7 Å². The molecule has 1 N–H and O–H groups in total. The van der Waals surface area contributed by atoms with Crippen molar-refractivity contribution in [2.75, 3.05) is 5.32 Å². The van der Waals surface area contributed by atoms with E-state index in [0.717, 1.165) is 27.9 Å². The Bertz CT molecular complexity index is 1330. The summed E-state index contributed by atoms with van der Waals surface area (Å²) in [6.45, 7) is 7.99. The molecule has 0 unspecified atom stereocenters. The highest BCUT2D eigenvalue weighted by molar-refractivity contribution is 7.17. The third-order valence-corrected chi connectivity index (χ3v) is 6.23. The van der Waals surface area contributed by atoms with Crippen molar-refractivity contribution in [1.82, 2.24) is 9.55 Å². The smallest absolute Gasteiger partial charge is 0.263 e. The highest BCUT2D eigenvalue weighted by Crippen LogP contribution is 2.31. The maximum Gasteiger partial charge on any atom is 0.263 e. The Labute approximate surface area is 179 Å². The quantitative estimate of drug-likeness (QED) is 0.508. The highest BCUT2D eigenvalue weighted by atomic mass is 32.1. The third-order valence-electron chi connectivity index (χ3n) is 5.35. The molecule has 5 nitrogen and oxygen atoms in total. The lowest BCUT2D eigenvalue weighted by Gasteiger charge is -2.10. The normalized spacial score (nSPS) is 11.1. The zero-order chi connectivity index (χ0) is 21.4. The molecular weight excluding hydrogens is 394 g/mol. The summed E-state index contributed by atoms with van der Waals surface area (Å²) in [7, 11) is 0. The van der Waals surface area contributed by atoms with Crippen molar-refractivity contribution < 1.29 is 4.79 Å². The van der Waals surface area contributed by atoms with Crippen LogP contribution >= 0.6 is 11.3 Å². The summed E-state index contributed by atoms with van der Waals surface area (Å²) in [6, 6.07) is 12.0. The second-order valence-corrected chi connectivity index (χ2v) is 8.53. The summed E-state index contributed by atoms with van der Waals surface area (Å²) in [6.07, 6.45) is 1.45. The number of rotatable bonds is 4. The van der Waals surface area contributed by atoms with E-state index in [9.17, 15) is 9.59 Å². The van der Waals surface area contributed by atoms with Crippen molar-refractivity contribution in [2.24, 2.45) is 0 Å². The molecule has 2 aromatic heterocycles. The lowest BCUT2D eigenvalue weighted by Crippen LogP contribution is -2.28. The molecule has 6 heteroatoms. The standard InChI is InChI=1S/C24H23N3O2S/c1-14-5-8-20(17(4)9-14)26-21(28)11-27-13-25-23-22(24(27)29)19(12-30-23)18-7-6-15(2)16(3)10-18/h5-10,12-13H,11H2,1-4H3,(H,26,28). The van der Waals surface area contributed by atoms with Gasteiger partial charge in [0.1, 0.15) is 11.4 Å². The summed E-state index contributed by atoms with van der Waals surface area (Å²) >= 11 is 1.44. The van der Waals surface area contributed by atoms with E-state index < -0.39 is 0 Å². The molecule has 0 radical (unpaired) electrons. The molecule has 0 aliphatic rings. The SMILES string of the molecule is Cc1ccc(NC(=O)Cn2cnc3scc(-c4ccc(C)c(C)c4)c3c2=O)c(C)c1. The Hall–Kier alpha value is -3.25. The molecule has 0 saturated heterocycles. The fourth-order valence-electron chi connectivity index (χ4n) is 3.50. The number of nitrogens with zero attached hydrogens (tertiary/aromatic N) is 2. The van der Waals surface area contributed by atoms with Crippen molar-refractivity contribution in [3.8, 4) is 11.1 Å². The Morgan fingerprint density at radius 2 is 1.83 bits per heavy atom. The number of benzene rings is 2. The van der Waals surface area contributed by atoms with Crippen LogP contribution in [0.1, 0.15) is 22.3 Å². The molecule has 4 aromatic rings. The summed E-state index contributed by atoms with van der Waals surface area (Å²) < 4.78 is 1.37. The highest BCUT2D eigenvalue weighted by Gasteiger charge is 2.15. The van der Waals surface area contributed by atoms with Gasteiger partial charge in [-0.15, -0.1) is 11.3 Å². The zero-order valence-corrected chi connectivity index (χ0v) is 18.3. The van der Waals surface area contributed by atoms with Gasteiger partial charge in [-0.05, 0) is 56.0 Å². The summed E-state index contributed by atoms with van der Waals surface area (Å²) in [5.41, 5.74) is 6.89. The minimum absolute atomic E-state index is 0.0860. The van der Waals surface area contributed by atoms with Crippen LogP contribution < -0.4 is 10.9 Å². The fourth-order valence-corrected chi connectivity index (χ4v) is 4.41. The number of nitrogens with one attached hydrogen (secondary N) is 1. The topological polar surface area (TPSA) is 64.0 Å². The van der Waals surface area contributed by atoms with Crippen molar-refractivity contribution in [2.45, 2.75) is 34.2 Å². The van der Waals surface area contributed by atoms with Crippen LogP contribution in [0.5, 0.6) is 0 Å². The number of hydrogen-bond donors (Lipinski definition) is 1. The molecule has 4 rings (SSSR count). The van der Waals surface area contributed by atoms with Crippen LogP contribution in [0.2, 0.25) is 0 Å². The number of aryl methyl sites for hydroxylation is 4. The van der Waals surface area contributed by atoms with Crippen molar-refractivity contribution >= 4 is 33.1 Å². The Kier molecular flexibility index (Phi) is 5.26. The molecule has 0 fully saturated rings. The van der Waals surface area contributed by atoms with Gasteiger partial charge in [0.25, 0.3) is 5.56 Å². The van der Waals surface area contributed by atoms with Crippen molar-refractivity contribution in [3.05, 3.63) is 80.7 Å². The van der Waals surface area contributed by atoms with Crippen molar-refractivity contribution in [3.63, 3.8) is 0 Å². The number of amides is 1. The van der Waals surface area contributed by atoms with E-state index in [4.69, 9.17) is 0 Å². The second-order valence-electron chi connectivity index (χ2n) is 7.67. The van der Waals surface area contributed by atoms with Crippen molar-refractivity contribution in [1.29, 1.82) is 0 Å². The average Bonchev–Trinajstić information content (AvgIpc) is 3.13. The van der Waals surface area contributed by atoms with E-state index in [2.05, 4.69) is 36.3 Å². The van der Waals surface area contributed by atoms with Gasteiger partial charge in [-0.25, -0.2) is 4.98 Å². The van der Waals surface area contributed by atoms with Gasteiger partial charge in [-0.1, -0.05) is 35.9 Å². The van der Waals surface area contributed by atoms with E-state index in [-0.39, 0.29) is 18.0 Å². The third kappa shape index (κ3) is 3.78. The molecule has 2 aromatic carbocycles. The summed E-state index contributed by atoms with van der Waals surface area (Å²) in [4.78, 5) is 30.9. The maximum atomic E-state index is 13.2. The van der Waals surface area contributed by atoms with Crippen LogP contribution in [-0.4, -0.2) is 15.5 Å². The first-order chi connectivity index (χ1) is 14.3. The maximum absolute atomic E-state index is 13.2. The van der Waals surface area contributed by atoms with Gasteiger partial charge in [0.05, 0.1) is 11.7 Å². The van der Waals surface area contributed by atoms with Gasteiger partial charge >= 0.3 is 0 Å². The first-order valence-corrected chi connectivity index (χ1v) is 10.6. The largest absolute Gasteiger partial charge is 0.324 e. The first kappa shape index (κ1) is 20.0. The Morgan fingerprint density at radius 3 is 2.57 bits per heavy atom. The molecule has 0 saturated carbocycles. The molecule has 0 atom stereocenters. The summed E-state index contributed by atoms with van der Waals surface area (Å²) in [5, 5.41) is 5.41. The monoisotopic (exact) mass is 417 g/mol. The molecule has 0 aliphatic heterocycles. The van der Waals surface area contributed by atoms with E-state index in [1.165, 1.54) is 33.4 Å². The number of aromatic nitrogens is 2. The molecule has 0 bridgehead atoms. The number of fused-ring (bicyclic) bond motifs is 1. The predicted molar refractivity (Wildman–Crippen MR) is 123 cm³/mol. The lowest BCUT2D eigenvalue weighted by molar-refractivity contribution is -0.116. The Balaban J connectivity index is 1.67. The molecular formula is C24H23N3O2S. The van der Waals surface area contributed by atoms with Crippen LogP contribution in [0.4, 0.5) is 5.69 Å². The number of anilines is 1. The zero-order valence-electron chi connectivity index (χ0n) is 17.4. The fraction of sp³-hybridized carbons (Fsp3) is 0.208. The first-order valence-electron chi connectivity index (χ1n) is 9.75. The van der Waals surface area contributed by atoms with Gasteiger partial charge in [-0.3, -0.25) is 14.2 Å². The van der Waals surface area contributed by atoms with Crippen LogP contribution in [-0.2, 0) is 11.3 Å². The van der Waals surface area contributed by atoms with E-state index >= 15 is 0 Å². The van der Waals surface area contributed by atoms with Crippen LogP contribution in [0.25, 0.3) is 21.3 Å². The van der Waals surface area contributed by atoms with Crippen LogP contribution in [0.15, 0.2) is 52.9 Å². The van der Waals surface area contributed by atoms with Gasteiger partial charge < -0.3 is 5.32 Å². The minimum Gasteiger partial charge on any atom is -0.324 e. The number of carbonyl (C=O) groups is 1. The van der Waals surface area contributed by atoms with Gasteiger partial charge in [0.15, 0.2) is 0 Å². The number of hydrogen-bond acceptors (Lipinski definition) is 4. The number of thiophene rings is 1. The van der Waals surface area contributed by atoms with Gasteiger partial charge in [-0.2, -0.15) is 0 Å². The minimum atomic E-state index is -0.256. The second kappa shape index (κ2) is 7.88. The molecule has 2 heterocycles. The number of carbonyl (C=O) groups excluding carboxylic acids is 1. The van der Waals surface area contributed by atoms with E-state index in [1.54, 1.807) is 0 Å². The Morgan fingerprint density at radius 1 is 1.03 bits per heavy atom. The predicted octanol–water partition coefficient (Wildman–Crippen LogP) is 5.00. The average molecular weight is 418 g/mol. The molecule has 152 valence electrons. The molecule has 0 spiro atoms. The van der Waals surface area contributed by atoms with Gasteiger partial charge in [0, 0.05) is 16.6 Å². The van der Waals surface area contributed by atoms with Crippen LogP contribution in [0.3, 0.4) is 0 Å². The van der Waals surface area contributed by atoms with E-state index in [1.807, 2.05) is 43.5 Å². The molecule has 0 aliphatic carbocycles. The molecule has 1 amide bonds. The van der Waals surface area contributed by atoms with Gasteiger partial charge in [0.2, 0.25) is 5.91 Å².